The summed E-state index contributed by atoms with van der Waals surface area (Å²) in [7, 11) is 1.68. The number of ether oxygens (including phenoxy) is 2. The molecule has 0 aliphatic carbocycles. The molecule has 2 rings (SSSR count). The van der Waals surface area contributed by atoms with Crippen molar-refractivity contribution in [3.05, 3.63) is 36.4 Å². The summed E-state index contributed by atoms with van der Waals surface area (Å²) in [5, 5.41) is 2.33. The van der Waals surface area contributed by atoms with E-state index in [1.54, 1.807) is 7.11 Å². The lowest BCUT2D eigenvalue weighted by molar-refractivity contribution is 0.243. The molecule has 2 aromatic carbocycles. The normalized spacial score (nSPS) is 10.8. The second-order valence-electron chi connectivity index (χ2n) is 4.04. The molecule has 0 saturated heterocycles. The number of methoxy groups -OCH3 is 1. The van der Waals surface area contributed by atoms with E-state index in [1.165, 1.54) is 5.39 Å². The second-order valence-corrected chi connectivity index (χ2v) is 4.04. The van der Waals surface area contributed by atoms with Gasteiger partial charge >= 0.3 is 0 Å². The van der Waals surface area contributed by atoms with Crippen molar-refractivity contribution in [1.82, 2.24) is 0 Å². The lowest BCUT2D eigenvalue weighted by Crippen LogP contribution is -2.05. The quantitative estimate of drug-likeness (QED) is 0.780. The van der Waals surface area contributed by atoms with Crippen LogP contribution in [0, 0.1) is 0 Å². The largest absolute Gasteiger partial charge is 0.497 e. The summed E-state index contributed by atoms with van der Waals surface area (Å²) in [5.74, 6) is 1.77. The smallest absolute Gasteiger partial charge is 0.120 e. The Morgan fingerprint density at radius 2 is 1.50 bits per heavy atom. The first-order valence-electron chi connectivity index (χ1n) is 5.43. The van der Waals surface area contributed by atoms with E-state index in [2.05, 4.69) is 6.07 Å². The molecule has 0 bridgehead atoms. The van der Waals surface area contributed by atoms with Crippen LogP contribution < -0.4 is 9.47 Å². The number of hydrogen-bond acceptors (Lipinski definition) is 2. The molecule has 0 unspecified atom stereocenters. The van der Waals surface area contributed by atoms with Gasteiger partial charge in [0.25, 0.3) is 0 Å². The van der Waals surface area contributed by atoms with Gasteiger partial charge in [-0.15, -0.1) is 0 Å². The molecule has 0 atom stereocenters. The Labute approximate surface area is 95.8 Å². The molecule has 16 heavy (non-hydrogen) atoms. The van der Waals surface area contributed by atoms with Gasteiger partial charge in [0.05, 0.1) is 13.2 Å². The van der Waals surface area contributed by atoms with Crippen LogP contribution >= 0.6 is 0 Å². The first-order valence-corrected chi connectivity index (χ1v) is 5.43. The molecule has 0 amide bonds. The topological polar surface area (TPSA) is 18.5 Å². The van der Waals surface area contributed by atoms with E-state index in [1.807, 2.05) is 44.2 Å². The highest BCUT2D eigenvalue weighted by molar-refractivity contribution is 5.85. The fourth-order valence-corrected chi connectivity index (χ4v) is 1.68. The van der Waals surface area contributed by atoms with Gasteiger partial charge in [0.15, 0.2) is 0 Å². The van der Waals surface area contributed by atoms with Crippen LogP contribution in [0.5, 0.6) is 11.5 Å². The van der Waals surface area contributed by atoms with Crippen LogP contribution in [0.25, 0.3) is 10.8 Å². The first kappa shape index (κ1) is 10.8. The molecule has 2 aromatic rings. The van der Waals surface area contributed by atoms with Gasteiger partial charge in [-0.05, 0) is 48.9 Å². The molecule has 0 aromatic heterocycles. The Kier molecular flexibility index (Phi) is 3.00. The van der Waals surface area contributed by atoms with E-state index < -0.39 is 0 Å². The summed E-state index contributed by atoms with van der Waals surface area (Å²) < 4.78 is 10.9. The van der Waals surface area contributed by atoms with Gasteiger partial charge in [-0.1, -0.05) is 12.1 Å². The van der Waals surface area contributed by atoms with Crippen LogP contribution in [-0.2, 0) is 0 Å². The summed E-state index contributed by atoms with van der Waals surface area (Å²) >= 11 is 0. The molecular weight excluding hydrogens is 200 g/mol. The minimum atomic E-state index is 0.197. The van der Waals surface area contributed by atoms with Crippen molar-refractivity contribution >= 4 is 10.8 Å². The minimum absolute atomic E-state index is 0.197. The molecule has 0 aliphatic heterocycles. The van der Waals surface area contributed by atoms with Crippen molar-refractivity contribution in [3.63, 3.8) is 0 Å². The zero-order valence-electron chi connectivity index (χ0n) is 9.86. The fraction of sp³-hybridized carbons (Fsp3) is 0.286. The summed E-state index contributed by atoms with van der Waals surface area (Å²) in [4.78, 5) is 0. The highest BCUT2D eigenvalue weighted by atomic mass is 16.5. The van der Waals surface area contributed by atoms with Crippen molar-refractivity contribution in [2.75, 3.05) is 7.11 Å². The summed E-state index contributed by atoms with van der Waals surface area (Å²) in [6, 6.07) is 12.1. The Bertz CT molecular complexity index is 489. The third-order valence-corrected chi connectivity index (χ3v) is 2.39. The van der Waals surface area contributed by atoms with Gasteiger partial charge in [-0.3, -0.25) is 0 Å². The van der Waals surface area contributed by atoms with Gasteiger partial charge in [-0.25, -0.2) is 0 Å². The molecule has 0 radical (unpaired) electrons. The van der Waals surface area contributed by atoms with E-state index in [4.69, 9.17) is 9.47 Å². The Morgan fingerprint density at radius 1 is 0.875 bits per heavy atom. The molecule has 0 N–H and O–H groups in total. The zero-order valence-corrected chi connectivity index (χ0v) is 9.86. The third-order valence-electron chi connectivity index (χ3n) is 2.39. The van der Waals surface area contributed by atoms with Crippen molar-refractivity contribution < 1.29 is 9.47 Å². The van der Waals surface area contributed by atoms with Gasteiger partial charge in [0.2, 0.25) is 0 Å². The monoisotopic (exact) mass is 216 g/mol. The average Bonchev–Trinajstić information content (AvgIpc) is 2.27. The molecule has 84 valence electrons. The van der Waals surface area contributed by atoms with Gasteiger partial charge < -0.3 is 9.47 Å². The average molecular weight is 216 g/mol. The van der Waals surface area contributed by atoms with Crippen molar-refractivity contribution in [2.24, 2.45) is 0 Å². The summed E-state index contributed by atoms with van der Waals surface area (Å²) in [6.07, 6.45) is 0.197. The third kappa shape index (κ3) is 2.27. The van der Waals surface area contributed by atoms with E-state index in [-0.39, 0.29) is 6.10 Å². The van der Waals surface area contributed by atoms with Crippen molar-refractivity contribution in [2.45, 2.75) is 20.0 Å². The molecular formula is C14H16O2. The van der Waals surface area contributed by atoms with Crippen molar-refractivity contribution in [1.29, 1.82) is 0 Å². The molecule has 2 heteroatoms. The van der Waals surface area contributed by atoms with Crippen LogP contribution in [0.1, 0.15) is 13.8 Å². The standard InChI is InChI=1S/C14H16O2/c1-10(2)16-14-7-5-11-4-6-13(15-3)8-12(11)9-14/h4-10H,1-3H3. The Morgan fingerprint density at radius 3 is 2.12 bits per heavy atom. The summed E-state index contributed by atoms with van der Waals surface area (Å²) in [6.45, 7) is 4.05. The molecule has 0 heterocycles. The maximum Gasteiger partial charge on any atom is 0.120 e. The highest BCUT2D eigenvalue weighted by Crippen LogP contribution is 2.25. The van der Waals surface area contributed by atoms with E-state index in [0.717, 1.165) is 16.9 Å². The van der Waals surface area contributed by atoms with Gasteiger partial charge in [-0.2, -0.15) is 0 Å². The molecule has 2 nitrogen and oxygen atoms in total. The maximum absolute atomic E-state index is 5.65. The van der Waals surface area contributed by atoms with Crippen LogP contribution in [0.15, 0.2) is 36.4 Å². The van der Waals surface area contributed by atoms with E-state index in [9.17, 15) is 0 Å². The van der Waals surface area contributed by atoms with E-state index in [0.29, 0.717) is 0 Å². The van der Waals surface area contributed by atoms with Crippen LogP contribution in [0.3, 0.4) is 0 Å². The predicted molar refractivity (Wildman–Crippen MR) is 66.3 cm³/mol. The second kappa shape index (κ2) is 4.44. The molecule has 0 spiro atoms. The lowest BCUT2D eigenvalue weighted by atomic mass is 10.1. The van der Waals surface area contributed by atoms with Crippen LogP contribution in [0.4, 0.5) is 0 Å². The van der Waals surface area contributed by atoms with Crippen LogP contribution in [-0.4, -0.2) is 13.2 Å². The molecule has 0 fully saturated rings. The molecule has 0 aliphatic rings. The minimum Gasteiger partial charge on any atom is -0.497 e. The van der Waals surface area contributed by atoms with Gasteiger partial charge in [0, 0.05) is 0 Å². The summed E-state index contributed by atoms with van der Waals surface area (Å²) in [5.41, 5.74) is 0. The van der Waals surface area contributed by atoms with Crippen LogP contribution in [0.2, 0.25) is 0 Å². The van der Waals surface area contributed by atoms with E-state index >= 15 is 0 Å². The number of rotatable bonds is 3. The Hall–Kier alpha value is -1.70. The fourth-order valence-electron chi connectivity index (χ4n) is 1.68. The SMILES string of the molecule is COc1ccc2ccc(OC(C)C)cc2c1. The van der Waals surface area contributed by atoms with Gasteiger partial charge in [0.1, 0.15) is 11.5 Å². The van der Waals surface area contributed by atoms with Crippen molar-refractivity contribution in [3.8, 4) is 11.5 Å². The predicted octanol–water partition coefficient (Wildman–Crippen LogP) is 3.64. The number of benzene rings is 2. The molecule has 0 saturated carbocycles. The first-order chi connectivity index (χ1) is 7.69. The Balaban J connectivity index is 2.42. The number of fused-ring (bicyclic) bond motifs is 1. The highest BCUT2D eigenvalue weighted by Gasteiger charge is 2.01. The lowest BCUT2D eigenvalue weighted by Gasteiger charge is -2.10. The maximum atomic E-state index is 5.65. The number of hydrogen-bond donors (Lipinski definition) is 0. The zero-order chi connectivity index (χ0) is 11.5.